The Morgan fingerprint density at radius 1 is 1.30 bits per heavy atom. The van der Waals surface area contributed by atoms with Crippen LogP contribution in [0.1, 0.15) is 43.8 Å². The van der Waals surface area contributed by atoms with Crippen molar-refractivity contribution in [1.29, 1.82) is 0 Å². The summed E-state index contributed by atoms with van der Waals surface area (Å²) in [7, 11) is 0. The van der Waals surface area contributed by atoms with Crippen LogP contribution in [0.2, 0.25) is 0 Å². The summed E-state index contributed by atoms with van der Waals surface area (Å²) in [4.78, 5) is 2.39. The zero-order valence-corrected chi connectivity index (χ0v) is 12.8. The van der Waals surface area contributed by atoms with E-state index < -0.39 is 0 Å². The van der Waals surface area contributed by atoms with Crippen LogP contribution in [0, 0.1) is 0 Å². The number of halogens is 1. The van der Waals surface area contributed by atoms with E-state index in [1.54, 1.807) is 0 Å². The number of aromatic nitrogens is 2. The highest BCUT2D eigenvalue weighted by Gasteiger charge is 2.23. The molecule has 0 bridgehead atoms. The molecule has 1 unspecified atom stereocenters. The van der Waals surface area contributed by atoms with Crippen LogP contribution in [0.25, 0.3) is 0 Å². The van der Waals surface area contributed by atoms with E-state index in [1.165, 1.54) is 32.1 Å². The number of hydrogen-bond donors (Lipinski definition) is 0. The van der Waals surface area contributed by atoms with Gasteiger partial charge in [0.2, 0.25) is 0 Å². The molecule has 1 aromatic rings. The predicted molar refractivity (Wildman–Crippen MR) is 80.1 cm³/mol. The number of nitrogens with zero attached hydrogens (tertiary/aromatic N) is 3. The van der Waals surface area contributed by atoms with Crippen molar-refractivity contribution in [2.24, 2.45) is 0 Å². The van der Waals surface area contributed by atoms with Crippen molar-refractivity contribution >= 4 is 11.6 Å². The normalized spacial score (nSPS) is 25.9. The highest BCUT2D eigenvalue weighted by atomic mass is 35.5. The molecule has 0 amide bonds. The molecule has 2 heterocycles. The lowest BCUT2D eigenvalue weighted by Gasteiger charge is -2.33. The van der Waals surface area contributed by atoms with Crippen LogP contribution in [0.15, 0.2) is 12.3 Å². The maximum Gasteiger partial charge on any atom is 0.0765 e. The smallest absolute Gasteiger partial charge is 0.0765 e. The van der Waals surface area contributed by atoms with Crippen molar-refractivity contribution in [2.45, 2.75) is 50.7 Å². The third-order valence-electron chi connectivity index (χ3n) is 4.51. The van der Waals surface area contributed by atoms with Gasteiger partial charge in [-0.05, 0) is 18.9 Å². The zero-order chi connectivity index (χ0) is 13.8. The fourth-order valence-electron chi connectivity index (χ4n) is 3.26. The number of ether oxygens (including phenoxy) is 1. The molecule has 1 aliphatic carbocycles. The van der Waals surface area contributed by atoms with Crippen LogP contribution in [0.4, 0.5) is 0 Å². The van der Waals surface area contributed by atoms with Crippen LogP contribution in [-0.2, 0) is 11.3 Å². The van der Waals surface area contributed by atoms with Crippen LogP contribution in [0.3, 0.4) is 0 Å². The Kier molecular flexibility index (Phi) is 4.97. The third-order valence-corrected chi connectivity index (χ3v) is 4.86. The molecule has 2 aliphatic rings. The first-order chi connectivity index (χ1) is 9.86. The Labute approximate surface area is 126 Å². The van der Waals surface area contributed by atoms with Gasteiger partial charge in [-0.2, -0.15) is 5.10 Å². The van der Waals surface area contributed by atoms with Crippen molar-refractivity contribution in [3.8, 4) is 0 Å². The largest absolute Gasteiger partial charge is 0.378 e. The second-order valence-electron chi connectivity index (χ2n) is 5.93. The van der Waals surface area contributed by atoms with E-state index in [9.17, 15) is 0 Å². The minimum Gasteiger partial charge on any atom is -0.378 e. The number of hydrogen-bond acceptors (Lipinski definition) is 3. The van der Waals surface area contributed by atoms with Gasteiger partial charge in [-0.1, -0.05) is 19.3 Å². The summed E-state index contributed by atoms with van der Waals surface area (Å²) in [5.74, 6) is 0.628. The lowest BCUT2D eigenvalue weighted by molar-refractivity contribution is -0.00369. The SMILES string of the molecule is ClCC1COCCN1Cc1ccn(C2CCCCC2)n1. The van der Waals surface area contributed by atoms with E-state index in [-0.39, 0.29) is 0 Å². The summed E-state index contributed by atoms with van der Waals surface area (Å²) in [6.07, 6.45) is 8.79. The highest BCUT2D eigenvalue weighted by Crippen LogP contribution is 2.27. The van der Waals surface area contributed by atoms with Crippen LogP contribution < -0.4 is 0 Å². The third kappa shape index (κ3) is 3.35. The first-order valence-corrected chi connectivity index (χ1v) is 8.32. The van der Waals surface area contributed by atoms with Crippen molar-refractivity contribution < 1.29 is 4.74 Å². The number of alkyl halides is 1. The summed E-state index contributed by atoms with van der Waals surface area (Å²) < 4.78 is 7.67. The number of morpholine rings is 1. The van der Waals surface area contributed by atoms with Gasteiger partial charge in [0, 0.05) is 31.2 Å². The summed E-state index contributed by atoms with van der Waals surface area (Å²) >= 11 is 6.02. The lowest BCUT2D eigenvalue weighted by Crippen LogP contribution is -2.45. The van der Waals surface area contributed by atoms with Gasteiger partial charge in [-0.3, -0.25) is 9.58 Å². The van der Waals surface area contributed by atoms with E-state index in [2.05, 4.69) is 21.8 Å². The molecule has 112 valence electrons. The Morgan fingerprint density at radius 2 is 2.15 bits per heavy atom. The molecule has 0 radical (unpaired) electrons. The maximum atomic E-state index is 6.02. The molecule has 1 saturated heterocycles. The van der Waals surface area contributed by atoms with Crippen molar-refractivity contribution in [3.05, 3.63) is 18.0 Å². The topological polar surface area (TPSA) is 30.3 Å². The molecular formula is C15H24ClN3O. The average Bonchev–Trinajstić information content (AvgIpc) is 2.97. The molecule has 20 heavy (non-hydrogen) atoms. The zero-order valence-electron chi connectivity index (χ0n) is 12.0. The minimum absolute atomic E-state index is 0.324. The fraction of sp³-hybridized carbons (Fsp3) is 0.800. The molecule has 3 rings (SSSR count). The summed E-state index contributed by atoms with van der Waals surface area (Å²) in [6.45, 7) is 3.39. The minimum atomic E-state index is 0.324. The van der Waals surface area contributed by atoms with E-state index in [4.69, 9.17) is 21.4 Å². The van der Waals surface area contributed by atoms with Crippen LogP contribution >= 0.6 is 11.6 Å². The van der Waals surface area contributed by atoms with E-state index in [1.807, 2.05) is 0 Å². The fourth-order valence-corrected chi connectivity index (χ4v) is 3.54. The molecule has 1 atom stereocenters. The average molecular weight is 298 g/mol. The van der Waals surface area contributed by atoms with Crippen molar-refractivity contribution in [2.75, 3.05) is 25.6 Å². The Morgan fingerprint density at radius 3 is 2.95 bits per heavy atom. The van der Waals surface area contributed by atoms with Gasteiger partial charge in [0.15, 0.2) is 0 Å². The van der Waals surface area contributed by atoms with Gasteiger partial charge in [0.25, 0.3) is 0 Å². The molecule has 1 saturated carbocycles. The first-order valence-electron chi connectivity index (χ1n) is 7.78. The Bertz CT molecular complexity index is 417. The molecule has 1 aliphatic heterocycles. The molecule has 4 nitrogen and oxygen atoms in total. The summed E-state index contributed by atoms with van der Waals surface area (Å²) in [5, 5.41) is 4.79. The summed E-state index contributed by atoms with van der Waals surface area (Å²) in [6, 6.07) is 3.10. The van der Waals surface area contributed by atoms with Gasteiger partial charge in [-0.15, -0.1) is 11.6 Å². The molecule has 5 heteroatoms. The Balaban J connectivity index is 1.61. The van der Waals surface area contributed by atoms with E-state index in [0.717, 1.165) is 32.0 Å². The van der Waals surface area contributed by atoms with Gasteiger partial charge in [-0.25, -0.2) is 0 Å². The quantitative estimate of drug-likeness (QED) is 0.801. The van der Waals surface area contributed by atoms with Gasteiger partial charge in [0.1, 0.15) is 0 Å². The standard InChI is InChI=1S/C15H24ClN3O/c16-10-15-12-20-9-8-18(15)11-13-6-7-19(17-13)14-4-2-1-3-5-14/h6-7,14-15H,1-5,8-12H2. The van der Waals surface area contributed by atoms with Gasteiger partial charge >= 0.3 is 0 Å². The second kappa shape index (κ2) is 6.92. The van der Waals surface area contributed by atoms with Gasteiger partial charge in [0.05, 0.1) is 24.9 Å². The second-order valence-corrected chi connectivity index (χ2v) is 6.24. The lowest BCUT2D eigenvalue weighted by atomic mass is 9.96. The van der Waals surface area contributed by atoms with Crippen molar-refractivity contribution in [1.82, 2.24) is 14.7 Å². The molecule has 0 N–H and O–H groups in total. The van der Waals surface area contributed by atoms with E-state index >= 15 is 0 Å². The monoisotopic (exact) mass is 297 g/mol. The van der Waals surface area contributed by atoms with Crippen LogP contribution in [0.5, 0.6) is 0 Å². The summed E-state index contributed by atoms with van der Waals surface area (Å²) in [5.41, 5.74) is 1.16. The predicted octanol–water partition coefficient (Wildman–Crippen LogP) is 2.83. The first kappa shape index (κ1) is 14.4. The van der Waals surface area contributed by atoms with Crippen LogP contribution in [-0.4, -0.2) is 46.4 Å². The molecule has 2 fully saturated rings. The molecule has 0 aromatic carbocycles. The molecule has 1 aromatic heterocycles. The van der Waals surface area contributed by atoms with E-state index in [0.29, 0.717) is 18.0 Å². The maximum absolute atomic E-state index is 6.02. The van der Waals surface area contributed by atoms with Gasteiger partial charge < -0.3 is 4.74 Å². The van der Waals surface area contributed by atoms with Crippen molar-refractivity contribution in [3.63, 3.8) is 0 Å². The number of rotatable bonds is 4. The Hall–Kier alpha value is -0.580. The molecule has 0 spiro atoms. The highest BCUT2D eigenvalue weighted by molar-refractivity contribution is 6.18. The molecular weight excluding hydrogens is 274 g/mol.